The first-order chi connectivity index (χ1) is 14.7. The van der Waals surface area contributed by atoms with Gasteiger partial charge in [0.05, 0.1) is 13.2 Å². The molecule has 0 saturated heterocycles. The molecular formula is C24H28FN3O3. The molecule has 31 heavy (non-hydrogen) atoms. The van der Waals surface area contributed by atoms with Crippen LogP contribution in [0.1, 0.15) is 56.1 Å². The molecule has 164 valence electrons. The van der Waals surface area contributed by atoms with E-state index in [9.17, 15) is 9.18 Å². The molecule has 0 saturated carbocycles. The molecule has 3 aromatic rings. The van der Waals surface area contributed by atoms with Crippen molar-refractivity contribution in [1.29, 1.82) is 0 Å². The summed E-state index contributed by atoms with van der Waals surface area (Å²) in [6, 6.07) is 13.6. The summed E-state index contributed by atoms with van der Waals surface area (Å²) >= 11 is 0. The minimum Gasteiger partial charge on any atom is -0.497 e. The van der Waals surface area contributed by atoms with Crippen LogP contribution >= 0.6 is 0 Å². The van der Waals surface area contributed by atoms with Crippen molar-refractivity contribution in [3.8, 4) is 5.75 Å². The first kappa shape index (κ1) is 22.5. The molecule has 0 aliphatic carbocycles. The Morgan fingerprint density at radius 3 is 2.39 bits per heavy atom. The smallest absolute Gasteiger partial charge is 0.227 e. The van der Waals surface area contributed by atoms with Gasteiger partial charge in [0, 0.05) is 18.3 Å². The number of hydrogen-bond donors (Lipinski definition) is 1. The zero-order valence-electron chi connectivity index (χ0n) is 18.3. The van der Waals surface area contributed by atoms with Gasteiger partial charge in [-0.2, -0.15) is 4.98 Å². The molecule has 0 aliphatic rings. The lowest BCUT2D eigenvalue weighted by atomic mass is 9.96. The topological polar surface area (TPSA) is 77.2 Å². The van der Waals surface area contributed by atoms with Gasteiger partial charge >= 0.3 is 0 Å². The number of benzene rings is 2. The molecule has 7 heteroatoms. The number of halogens is 1. The van der Waals surface area contributed by atoms with Crippen molar-refractivity contribution in [2.24, 2.45) is 0 Å². The summed E-state index contributed by atoms with van der Waals surface area (Å²) in [6.07, 6.45) is 1.12. The van der Waals surface area contributed by atoms with Crippen LogP contribution in [0.3, 0.4) is 0 Å². The Bertz CT molecular complexity index is 992. The van der Waals surface area contributed by atoms with Crippen molar-refractivity contribution in [2.45, 2.75) is 51.5 Å². The number of methoxy groups -OCH3 is 1. The first-order valence-corrected chi connectivity index (χ1v) is 10.3. The highest BCUT2D eigenvalue weighted by molar-refractivity contribution is 5.76. The van der Waals surface area contributed by atoms with Gasteiger partial charge in [-0.25, -0.2) is 4.39 Å². The molecule has 1 aromatic heterocycles. The molecule has 0 bridgehead atoms. The van der Waals surface area contributed by atoms with Gasteiger partial charge in [-0.3, -0.25) is 4.79 Å². The highest BCUT2D eigenvalue weighted by Gasteiger charge is 2.22. The molecule has 0 spiro atoms. The second-order valence-electron chi connectivity index (χ2n) is 8.49. The monoisotopic (exact) mass is 425 g/mol. The normalized spacial score (nSPS) is 12.4. The standard InChI is InChI=1S/C24H28FN3O3/c1-24(2,3)23-27-22(31-28-23)14-13-21(29)26-20(15-16-5-9-18(25)10-6-16)17-7-11-19(30-4)12-8-17/h5-12,20H,13-15H2,1-4H3,(H,26,29). The molecule has 6 nitrogen and oxygen atoms in total. The number of ether oxygens (including phenoxy) is 1. The van der Waals surface area contributed by atoms with Crippen LogP contribution in [0, 0.1) is 5.82 Å². The average molecular weight is 426 g/mol. The van der Waals surface area contributed by atoms with E-state index >= 15 is 0 Å². The van der Waals surface area contributed by atoms with E-state index in [-0.39, 0.29) is 29.6 Å². The minimum absolute atomic E-state index is 0.126. The first-order valence-electron chi connectivity index (χ1n) is 10.3. The third-order valence-corrected chi connectivity index (χ3v) is 4.91. The van der Waals surface area contributed by atoms with Crippen molar-refractivity contribution in [3.05, 3.63) is 77.2 Å². The number of carbonyl (C=O) groups is 1. The zero-order valence-corrected chi connectivity index (χ0v) is 18.3. The molecule has 2 aromatic carbocycles. The van der Waals surface area contributed by atoms with E-state index in [1.165, 1.54) is 12.1 Å². The molecule has 0 aliphatic heterocycles. The number of hydrogen-bond acceptors (Lipinski definition) is 5. The summed E-state index contributed by atoms with van der Waals surface area (Å²) in [4.78, 5) is 17.1. The molecule has 1 heterocycles. The van der Waals surface area contributed by atoms with Crippen molar-refractivity contribution in [1.82, 2.24) is 15.5 Å². The molecule has 1 unspecified atom stereocenters. The third kappa shape index (κ3) is 6.38. The Balaban J connectivity index is 1.68. The zero-order chi connectivity index (χ0) is 22.4. The van der Waals surface area contributed by atoms with Crippen molar-refractivity contribution in [2.75, 3.05) is 7.11 Å². The number of aryl methyl sites for hydroxylation is 1. The van der Waals surface area contributed by atoms with Gasteiger partial charge in [-0.1, -0.05) is 50.2 Å². The van der Waals surface area contributed by atoms with Crippen LogP contribution in [0.25, 0.3) is 0 Å². The molecule has 1 N–H and O–H groups in total. The molecule has 3 rings (SSSR count). The fourth-order valence-electron chi connectivity index (χ4n) is 3.09. The Labute approximate surface area is 181 Å². The second-order valence-corrected chi connectivity index (χ2v) is 8.49. The van der Waals surface area contributed by atoms with Crippen LogP contribution in [-0.2, 0) is 23.1 Å². The molecule has 0 radical (unpaired) electrons. The lowest BCUT2D eigenvalue weighted by Gasteiger charge is -2.20. The van der Waals surface area contributed by atoms with Gasteiger partial charge < -0.3 is 14.6 Å². The van der Waals surface area contributed by atoms with Gasteiger partial charge in [-0.15, -0.1) is 0 Å². The highest BCUT2D eigenvalue weighted by Crippen LogP contribution is 2.22. The maximum absolute atomic E-state index is 13.3. The summed E-state index contributed by atoms with van der Waals surface area (Å²) in [5.74, 6) is 1.39. The number of aromatic nitrogens is 2. The fraction of sp³-hybridized carbons (Fsp3) is 0.375. The fourth-order valence-corrected chi connectivity index (χ4v) is 3.09. The summed E-state index contributed by atoms with van der Waals surface area (Å²) in [7, 11) is 1.61. The average Bonchev–Trinajstić information content (AvgIpc) is 3.23. The van der Waals surface area contributed by atoms with E-state index in [0.717, 1.165) is 16.9 Å². The van der Waals surface area contributed by atoms with E-state index in [1.54, 1.807) is 19.2 Å². The summed E-state index contributed by atoms with van der Waals surface area (Å²) in [5, 5.41) is 7.07. The largest absolute Gasteiger partial charge is 0.497 e. The van der Waals surface area contributed by atoms with E-state index in [2.05, 4.69) is 15.5 Å². The summed E-state index contributed by atoms with van der Waals surface area (Å²) in [5.41, 5.74) is 1.65. The molecular weight excluding hydrogens is 397 g/mol. The van der Waals surface area contributed by atoms with Crippen molar-refractivity contribution < 1.29 is 18.4 Å². The van der Waals surface area contributed by atoms with Gasteiger partial charge in [0.15, 0.2) is 5.82 Å². The highest BCUT2D eigenvalue weighted by atomic mass is 19.1. The SMILES string of the molecule is COc1ccc(C(Cc2ccc(F)cc2)NC(=O)CCc2nc(C(C)(C)C)no2)cc1. The molecule has 1 amide bonds. The summed E-state index contributed by atoms with van der Waals surface area (Å²) in [6.45, 7) is 6.01. The minimum atomic E-state index is -0.289. The number of nitrogens with one attached hydrogen (secondary N) is 1. The van der Waals surface area contributed by atoms with Gasteiger partial charge in [0.2, 0.25) is 11.8 Å². The molecule has 0 fully saturated rings. The van der Waals surface area contributed by atoms with Gasteiger partial charge in [0.25, 0.3) is 0 Å². The van der Waals surface area contributed by atoms with Gasteiger partial charge in [-0.05, 0) is 41.8 Å². The maximum atomic E-state index is 13.3. The van der Waals surface area contributed by atoms with E-state index < -0.39 is 0 Å². The van der Waals surface area contributed by atoms with Crippen LogP contribution in [-0.4, -0.2) is 23.2 Å². The third-order valence-electron chi connectivity index (χ3n) is 4.91. The van der Waals surface area contributed by atoms with E-state index in [4.69, 9.17) is 9.26 Å². The summed E-state index contributed by atoms with van der Waals surface area (Å²) < 4.78 is 23.8. The predicted molar refractivity (Wildman–Crippen MR) is 115 cm³/mol. The Morgan fingerprint density at radius 2 is 1.81 bits per heavy atom. The van der Waals surface area contributed by atoms with Crippen molar-refractivity contribution in [3.63, 3.8) is 0 Å². The molecule has 1 atom stereocenters. The van der Waals surface area contributed by atoms with Crippen LogP contribution in [0.4, 0.5) is 4.39 Å². The van der Waals surface area contributed by atoms with Crippen LogP contribution in [0.5, 0.6) is 5.75 Å². The van der Waals surface area contributed by atoms with E-state index in [1.807, 2.05) is 45.0 Å². The Hall–Kier alpha value is -3.22. The second kappa shape index (κ2) is 9.73. The number of nitrogens with zero attached hydrogens (tertiary/aromatic N) is 2. The van der Waals surface area contributed by atoms with Crippen LogP contribution in [0.15, 0.2) is 53.1 Å². The number of rotatable bonds is 8. The van der Waals surface area contributed by atoms with E-state index in [0.29, 0.717) is 24.6 Å². The lowest BCUT2D eigenvalue weighted by Crippen LogP contribution is -2.30. The Kier molecular flexibility index (Phi) is 7.05. The van der Waals surface area contributed by atoms with Crippen LogP contribution in [0.2, 0.25) is 0 Å². The van der Waals surface area contributed by atoms with Crippen LogP contribution < -0.4 is 10.1 Å². The van der Waals surface area contributed by atoms with Gasteiger partial charge in [0.1, 0.15) is 11.6 Å². The Morgan fingerprint density at radius 1 is 1.13 bits per heavy atom. The maximum Gasteiger partial charge on any atom is 0.227 e. The van der Waals surface area contributed by atoms with Crippen molar-refractivity contribution >= 4 is 5.91 Å². The number of amides is 1. The quantitative estimate of drug-likeness (QED) is 0.573. The lowest BCUT2D eigenvalue weighted by molar-refractivity contribution is -0.121. The number of carbonyl (C=O) groups excluding carboxylic acids is 1. The predicted octanol–water partition coefficient (Wildman–Crippen LogP) is 4.55.